The lowest BCUT2D eigenvalue weighted by Crippen LogP contribution is -2.65. The van der Waals surface area contributed by atoms with Gasteiger partial charge < -0.3 is 65.1 Å². The van der Waals surface area contributed by atoms with E-state index in [0.717, 1.165) is 51.4 Å². The molecule has 0 aromatic rings. The number of hydrogen-bond acceptors (Lipinski definition) is 13. The molecule has 416 valence electrons. The van der Waals surface area contributed by atoms with E-state index in [-0.39, 0.29) is 12.5 Å². The lowest BCUT2D eigenvalue weighted by molar-refractivity contribution is -0.359. The van der Waals surface area contributed by atoms with Crippen molar-refractivity contribution in [3.63, 3.8) is 0 Å². The normalized spacial score (nSPS) is 25.9. The van der Waals surface area contributed by atoms with Gasteiger partial charge in [0.25, 0.3) is 0 Å². The average Bonchev–Trinajstić information content (AvgIpc) is 3.36. The van der Waals surface area contributed by atoms with E-state index in [2.05, 4.69) is 19.2 Å². The molecule has 0 aromatic carbocycles. The van der Waals surface area contributed by atoms with Crippen molar-refractivity contribution in [2.45, 2.75) is 331 Å². The monoisotopic (exact) mass is 1000 g/mol. The molecule has 4 unspecified atom stereocenters. The van der Waals surface area contributed by atoms with Crippen LogP contribution in [0.1, 0.15) is 258 Å². The van der Waals surface area contributed by atoms with Crippen molar-refractivity contribution in [2.24, 2.45) is 0 Å². The summed E-state index contributed by atoms with van der Waals surface area (Å²) in [6.45, 7) is 2.85. The summed E-state index contributed by atoms with van der Waals surface area (Å²) in [6.07, 6.45) is 30.0. The number of nitrogens with one attached hydrogen (secondary N) is 1. The first kappa shape index (κ1) is 65.1. The largest absolute Gasteiger partial charge is 0.394 e. The molecule has 2 aliphatic rings. The number of carbonyl (C=O) groups excluding carboxylic acids is 1. The Balaban J connectivity index is 1.64. The van der Waals surface area contributed by atoms with Gasteiger partial charge in [0.05, 0.1) is 32.0 Å². The van der Waals surface area contributed by atoms with Gasteiger partial charge >= 0.3 is 0 Å². The van der Waals surface area contributed by atoms with Crippen molar-refractivity contribution in [3.05, 3.63) is 0 Å². The van der Waals surface area contributed by atoms with Crippen LogP contribution in [0.2, 0.25) is 0 Å². The van der Waals surface area contributed by atoms with E-state index < -0.39 is 86.8 Å². The second-order valence-electron chi connectivity index (χ2n) is 21.1. The Morgan fingerprint density at radius 1 is 0.457 bits per heavy atom. The van der Waals surface area contributed by atoms with Gasteiger partial charge in [0.2, 0.25) is 5.91 Å². The Hall–Kier alpha value is -1.01. The average molecular weight is 1000 g/mol. The van der Waals surface area contributed by atoms with Crippen LogP contribution in [-0.4, -0.2) is 140 Å². The van der Waals surface area contributed by atoms with Crippen molar-refractivity contribution in [1.82, 2.24) is 5.32 Å². The highest BCUT2D eigenvalue weighted by atomic mass is 16.7. The van der Waals surface area contributed by atoms with Gasteiger partial charge in [0.15, 0.2) is 12.6 Å². The number of ether oxygens (including phenoxy) is 4. The van der Waals surface area contributed by atoms with Gasteiger partial charge in [-0.15, -0.1) is 0 Å². The zero-order valence-corrected chi connectivity index (χ0v) is 44.5. The molecule has 14 nitrogen and oxygen atoms in total. The fourth-order valence-corrected chi connectivity index (χ4v) is 10.1. The van der Waals surface area contributed by atoms with Crippen LogP contribution in [0.5, 0.6) is 0 Å². The third-order valence-corrected chi connectivity index (χ3v) is 14.8. The first-order valence-corrected chi connectivity index (χ1v) is 29.3. The van der Waals surface area contributed by atoms with Gasteiger partial charge in [-0.25, -0.2) is 0 Å². The third-order valence-electron chi connectivity index (χ3n) is 14.8. The topological polar surface area (TPSA) is 228 Å². The summed E-state index contributed by atoms with van der Waals surface area (Å²) in [4.78, 5) is 13.2. The maximum Gasteiger partial charge on any atom is 0.220 e. The van der Waals surface area contributed by atoms with E-state index in [0.29, 0.717) is 12.8 Å². The summed E-state index contributed by atoms with van der Waals surface area (Å²) in [5, 5.41) is 86.9. The standard InChI is InChI=1S/C56H109NO13/c1-3-5-7-9-11-13-14-15-16-17-18-19-20-21-22-23-24-25-26-27-28-29-30-32-34-36-38-40-48(61)57-44(45(60)39-37-35-33-31-12-10-8-6-4-2)43-67-55-53(66)51(64)54(47(42-59)69-55)70-56-52(65)50(63)49(62)46(41-58)68-56/h44-47,49-56,58-60,62-66H,3-43H2,1-2H3,(H,57,61)/t44-,45+,46+,47+,49-,50?,51?,52?,53?,54+,55+,56-/m0/s1. The van der Waals surface area contributed by atoms with Crippen molar-refractivity contribution < 1.29 is 64.6 Å². The van der Waals surface area contributed by atoms with Crippen molar-refractivity contribution >= 4 is 5.91 Å². The number of hydrogen-bond donors (Lipinski definition) is 9. The first-order valence-electron chi connectivity index (χ1n) is 29.3. The molecule has 0 aromatic heterocycles. The SMILES string of the molecule is CCCCCCCCCCCCCCCCCCCCCCCCCCCCCC(=O)N[C@@H](CO[C@@H]1O[C@H](CO)[C@@H](O[C@@H]2O[C@H](CO)[C@H](O)C(O)C2O)C(O)C1O)[C@H](O)CCCCCCCCCCC. The molecular weight excluding hydrogens is 895 g/mol. The molecule has 12 atom stereocenters. The lowest BCUT2D eigenvalue weighted by atomic mass is 9.97. The van der Waals surface area contributed by atoms with Gasteiger partial charge in [-0.2, -0.15) is 0 Å². The fraction of sp³-hybridized carbons (Fsp3) is 0.982. The highest BCUT2D eigenvalue weighted by Crippen LogP contribution is 2.30. The molecule has 0 radical (unpaired) electrons. The maximum atomic E-state index is 13.2. The zero-order valence-electron chi connectivity index (χ0n) is 44.5. The second kappa shape index (κ2) is 43.3. The number of aliphatic hydroxyl groups is 8. The minimum Gasteiger partial charge on any atom is -0.394 e. The molecule has 2 aliphatic heterocycles. The molecule has 2 fully saturated rings. The third kappa shape index (κ3) is 29.2. The Bertz CT molecular complexity index is 1180. The Labute approximate surface area is 425 Å². The van der Waals surface area contributed by atoms with Crippen LogP contribution in [0.3, 0.4) is 0 Å². The van der Waals surface area contributed by atoms with Gasteiger partial charge in [-0.1, -0.05) is 239 Å². The lowest BCUT2D eigenvalue weighted by Gasteiger charge is -2.46. The van der Waals surface area contributed by atoms with E-state index in [1.165, 1.54) is 180 Å². The Morgan fingerprint density at radius 2 is 0.814 bits per heavy atom. The molecule has 2 rings (SSSR count). The van der Waals surface area contributed by atoms with E-state index in [1.54, 1.807) is 0 Å². The Morgan fingerprint density at radius 3 is 1.21 bits per heavy atom. The predicted octanol–water partition coefficient (Wildman–Crippen LogP) is 9.34. The molecular formula is C56H109NO13. The molecule has 0 saturated carbocycles. The van der Waals surface area contributed by atoms with Crippen LogP contribution in [0.4, 0.5) is 0 Å². The predicted molar refractivity (Wildman–Crippen MR) is 277 cm³/mol. The van der Waals surface area contributed by atoms with E-state index in [9.17, 15) is 45.6 Å². The molecule has 0 spiro atoms. The van der Waals surface area contributed by atoms with Crippen LogP contribution >= 0.6 is 0 Å². The zero-order chi connectivity index (χ0) is 51.0. The van der Waals surface area contributed by atoms with Gasteiger partial charge in [0.1, 0.15) is 48.8 Å². The van der Waals surface area contributed by atoms with E-state index in [4.69, 9.17) is 18.9 Å². The van der Waals surface area contributed by atoms with Crippen molar-refractivity contribution in [3.8, 4) is 0 Å². The van der Waals surface area contributed by atoms with Gasteiger partial charge in [-0.05, 0) is 12.8 Å². The summed E-state index contributed by atoms with van der Waals surface area (Å²) in [7, 11) is 0. The van der Waals surface area contributed by atoms with Crippen LogP contribution in [0, 0.1) is 0 Å². The fourth-order valence-electron chi connectivity index (χ4n) is 10.1. The number of rotatable bonds is 47. The molecule has 2 saturated heterocycles. The van der Waals surface area contributed by atoms with E-state index >= 15 is 0 Å². The van der Waals surface area contributed by atoms with E-state index in [1.807, 2.05) is 0 Å². The van der Waals surface area contributed by atoms with Gasteiger partial charge in [0, 0.05) is 6.42 Å². The molecule has 70 heavy (non-hydrogen) atoms. The molecule has 1 amide bonds. The number of amides is 1. The molecule has 0 bridgehead atoms. The Kier molecular flexibility index (Phi) is 40.2. The maximum absolute atomic E-state index is 13.2. The summed E-state index contributed by atoms with van der Waals surface area (Å²) in [6, 6.07) is -0.820. The highest BCUT2D eigenvalue weighted by molar-refractivity contribution is 5.76. The second-order valence-corrected chi connectivity index (χ2v) is 21.1. The number of carbonyl (C=O) groups is 1. The molecule has 2 heterocycles. The van der Waals surface area contributed by atoms with Crippen molar-refractivity contribution in [2.75, 3.05) is 19.8 Å². The van der Waals surface area contributed by atoms with Crippen molar-refractivity contribution in [1.29, 1.82) is 0 Å². The highest BCUT2D eigenvalue weighted by Gasteiger charge is 2.51. The first-order chi connectivity index (χ1) is 34.1. The summed E-state index contributed by atoms with van der Waals surface area (Å²) in [5.41, 5.74) is 0. The van der Waals surface area contributed by atoms with Crippen LogP contribution in [-0.2, 0) is 23.7 Å². The summed E-state index contributed by atoms with van der Waals surface area (Å²) < 4.78 is 22.8. The smallest absolute Gasteiger partial charge is 0.220 e. The summed E-state index contributed by atoms with van der Waals surface area (Å²) >= 11 is 0. The number of aliphatic hydroxyl groups excluding tert-OH is 8. The summed E-state index contributed by atoms with van der Waals surface area (Å²) in [5.74, 6) is -0.203. The molecule has 9 N–H and O–H groups in total. The molecule has 0 aliphatic carbocycles. The molecule has 14 heteroatoms. The number of unbranched alkanes of at least 4 members (excludes halogenated alkanes) is 34. The van der Waals surface area contributed by atoms with Crippen LogP contribution < -0.4 is 5.32 Å². The minimum absolute atomic E-state index is 0.203. The van der Waals surface area contributed by atoms with Crippen LogP contribution in [0.25, 0.3) is 0 Å². The van der Waals surface area contributed by atoms with Crippen LogP contribution in [0.15, 0.2) is 0 Å². The van der Waals surface area contributed by atoms with Gasteiger partial charge in [-0.3, -0.25) is 4.79 Å². The minimum atomic E-state index is -1.78. The quantitative estimate of drug-likeness (QED) is 0.0259.